The summed E-state index contributed by atoms with van der Waals surface area (Å²) in [5.74, 6) is 0.852. The standard InChI is InChI=1S/C18H21BrN2O2/c19-15-8-3-2-7-14(15)18(22)20-13-16(17-9-6-12-23-17)21-10-4-1-5-11-21/h2-3,6-9,12,16H,1,4-5,10-11,13H2,(H,20,22)/t16-/m1/s1. The second kappa shape index (κ2) is 7.79. The molecular weight excluding hydrogens is 356 g/mol. The molecule has 5 heteroatoms. The van der Waals surface area contributed by atoms with Gasteiger partial charge in [-0.15, -0.1) is 0 Å². The Balaban J connectivity index is 1.69. The second-order valence-corrected chi connectivity index (χ2v) is 6.67. The highest BCUT2D eigenvalue weighted by molar-refractivity contribution is 9.10. The SMILES string of the molecule is O=C(NC[C@H](c1ccco1)N1CCCCC1)c1ccccc1Br. The zero-order chi connectivity index (χ0) is 16.1. The molecule has 1 fully saturated rings. The fourth-order valence-corrected chi connectivity index (χ4v) is 3.52. The molecule has 122 valence electrons. The topological polar surface area (TPSA) is 45.5 Å². The van der Waals surface area contributed by atoms with Gasteiger partial charge in [-0.1, -0.05) is 18.6 Å². The van der Waals surface area contributed by atoms with E-state index in [9.17, 15) is 4.79 Å². The molecule has 1 atom stereocenters. The molecule has 23 heavy (non-hydrogen) atoms. The smallest absolute Gasteiger partial charge is 0.252 e. The molecule has 0 spiro atoms. The van der Waals surface area contributed by atoms with Gasteiger partial charge in [-0.25, -0.2) is 0 Å². The molecule has 1 saturated heterocycles. The summed E-state index contributed by atoms with van der Waals surface area (Å²) in [6.07, 6.45) is 5.39. The number of piperidine rings is 1. The Morgan fingerprint density at radius 2 is 1.96 bits per heavy atom. The van der Waals surface area contributed by atoms with Gasteiger partial charge in [-0.3, -0.25) is 9.69 Å². The highest BCUT2D eigenvalue weighted by atomic mass is 79.9. The molecule has 4 nitrogen and oxygen atoms in total. The molecule has 0 radical (unpaired) electrons. The van der Waals surface area contributed by atoms with E-state index < -0.39 is 0 Å². The van der Waals surface area contributed by atoms with Crippen LogP contribution in [0, 0.1) is 0 Å². The predicted molar refractivity (Wildman–Crippen MR) is 93.3 cm³/mol. The van der Waals surface area contributed by atoms with E-state index in [4.69, 9.17) is 4.42 Å². The van der Waals surface area contributed by atoms with Crippen molar-refractivity contribution in [1.29, 1.82) is 0 Å². The maximum absolute atomic E-state index is 12.4. The van der Waals surface area contributed by atoms with Crippen LogP contribution in [-0.4, -0.2) is 30.4 Å². The number of benzene rings is 1. The van der Waals surface area contributed by atoms with Gasteiger partial charge >= 0.3 is 0 Å². The molecule has 1 aromatic heterocycles. The van der Waals surface area contributed by atoms with Gasteiger partial charge < -0.3 is 9.73 Å². The third kappa shape index (κ3) is 4.03. The molecule has 1 aromatic carbocycles. The Labute approximate surface area is 145 Å². The van der Waals surface area contributed by atoms with Crippen LogP contribution < -0.4 is 5.32 Å². The van der Waals surface area contributed by atoms with Crippen LogP contribution in [0.1, 0.15) is 41.4 Å². The van der Waals surface area contributed by atoms with E-state index in [-0.39, 0.29) is 11.9 Å². The van der Waals surface area contributed by atoms with Crippen LogP contribution in [-0.2, 0) is 0 Å². The van der Waals surface area contributed by atoms with Crippen LogP contribution in [0.3, 0.4) is 0 Å². The molecule has 2 heterocycles. The first-order chi connectivity index (χ1) is 11.3. The maximum Gasteiger partial charge on any atom is 0.252 e. The van der Waals surface area contributed by atoms with Gasteiger partial charge in [0.05, 0.1) is 17.9 Å². The molecule has 2 aromatic rings. The molecule has 0 saturated carbocycles. The van der Waals surface area contributed by atoms with Crippen LogP contribution in [0.2, 0.25) is 0 Å². The van der Waals surface area contributed by atoms with Crippen molar-refractivity contribution in [1.82, 2.24) is 10.2 Å². The van der Waals surface area contributed by atoms with Gasteiger partial charge in [-0.2, -0.15) is 0 Å². The Hall–Kier alpha value is -1.59. The van der Waals surface area contributed by atoms with Gasteiger partial charge in [0.1, 0.15) is 5.76 Å². The fraction of sp³-hybridized carbons (Fsp3) is 0.389. The minimum absolute atomic E-state index is 0.0639. The monoisotopic (exact) mass is 376 g/mol. The lowest BCUT2D eigenvalue weighted by Gasteiger charge is -2.33. The first-order valence-electron chi connectivity index (χ1n) is 8.06. The third-order valence-corrected chi connectivity index (χ3v) is 4.97. The van der Waals surface area contributed by atoms with E-state index in [0.717, 1.165) is 23.3 Å². The molecule has 0 bridgehead atoms. The molecule has 1 aliphatic rings. The average Bonchev–Trinajstić information content (AvgIpc) is 3.10. The van der Waals surface area contributed by atoms with Crippen LogP contribution >= 0.6 is 15.9 Å². The minimum Gasteiger partial charge on any atom is -0.468 e. The van der Waals surface area contributed by atoms with Crippen molar-refractivity contribution in [3.8, 4) is 0 Å². The van der Waals surface area contributed by atoms with Crippen LogP contribution in [0.15, 0.2) is 51.6 Å². The molecule has 0 aliphatic carbocycles. The molecule has 0 unspecified atom stereocenters. The number of hydrogen-bond acceptors (Lipinski definition) is 3. The first-order valence-corrected chi connectivity index (χ1v) is 8.85. The van der Waals surface area contributed by atoms with Crippen molar-refractivity contribution in [2.24, 2.45) is 0 Å². The van der Waals surface area contributed by atoms with E-state index in [1.807, 2.05) is 36.4 Å². The van der Waals surface area contributed by atoms with E-state index in [1.165, 1.54) is 19.3 Å². The van der Waals surface area contributed by atoms with Crippen LogP contribution in [0.5, 0.6) is 0 Å². The number of carbonyl (C=O) groups is 1. The Morgan fingerprint density at radius 3 is 2.65 bits per heavy atom. The Kier molecular flexibility index (Phi) is 5.51. The summed E-state index contributed by atoms with van der Waals surface area (Å²) in [6.45, 7) is 2.65. The molecule has 1 aliphatic heterocycles. The summed E-state index contributed by atoms with van der Waals surface area (Å²) in [5.41, 5.74) is 0.657. The number of likely N-dealkylation sites (tertiary alicyclic amines) is 1. The number of carbonyl (C=O) groups excluding carboxylic acids is 1. The van der Waals surface area contributed by atoms with Crippen molar-refractivity contribution in [2.75, 3.05) is 19.6 Å². The van der Waals surface area contributed by atoms with Crippen LogP contribution in [0.4, 0.5) is 0 Å². The van der Waals surface area contributed by atoms with E-state index in [1.54, 1.807) is 6.26 Å². The highest BCUT2D eigenvalue weighted by Crippen LogP contribution is 2.25. The molecule has 1 N–H and O–H groups in total. The van der Waals surface area contributed by atoms with Crippen molar-refractivity contribution in [2.45, 2.75) is 25.3 Å². The lowest BCUT2D eigenvalue weighted by Crippen LogP contribution is -2.40. The third-order valence-electron chi connectivity index (χ3n) is 4.28. The summed E-state index contributed by atoms with van der Waals surface area (Å²) >= 11 is 3.43. The Bertz CT molecular complexity index is 636. The largest absolute Gasteiger partial charge is 0.468 e. The zero-order valence-electron chi connectivity index (χ0n) is 13.0. The fourth-order valence-electron chi connectivity index (χ4n) is 3.05. The first kappa shape index (κ1) is 16.3. The van der Waals surface area contributed by atoms with Gasteiger partial charge in [0.25, 0.3) is 5.91 Å². The number of hydrogen-bond donors (Lipinski definition) is 1. The van der Waals surface area contributed by atoms with Gasteiger partial charge in [0.15, 0.2) is 0 Å². The van der Waals surface area contributed by atoms with Gasteiger partial charge in [0.2, 0.25) is 0 Å². The number of nitrogens with one attached hydrogen (secondary N) is 1. The maximum atomic E-state index is 12.4. The van der Waals surface area contributed by atoms with E-state index in [2.05, 4.69) is 26.1 Å². The van der Waals surface area contributed by atoms with Gasteiger partial charge in [-0.05, 0) is 66.1 Å². The summed E-state index contributed by atoms with van der Waals surface area (Å²) in [4.78, 5) is 14.8. The quantitative estimate of drug-likeness (QED) is 0.857. The molecular formula is C18H21BrN2O2. The average molecular weight is 377 g/mol. The minimum atomic E-state index is -0.0639. The van der Waals surface area contributed by atoms with Gasteiger partial charge in [0, 0.05) is 11.0 Å². The summed E-state index contributed by atoms with van der Waals surface area (Å²) in [6, 6.07) is 11.5. The second-order valence-electron chi connectivity index (χ2n) is 5.82. The summed E-state index contributed by atoms with van der Waals surface area (Å²) in [5, 5.41) is 3.05. The van der Waals surface area contributed by atoms with E-state index in [0.29, 0.717) is 12.1 Å². The predicted octanol–water partition coefficient (Wildman–Crippen LogP) is 4.00. The number of halogens is 1. The highest BCUT2D eigenvalue weighted by Gasteiger charge is 2.25. The number of furan rings is 1. The molecule has 1 amide bonds. The lowest BCUT2D eigenvalue weighted by molar-refractivity contribution is 0.0913. The van der Waals surface area contributed by atoms with Crippen molar-refractivity contribution >= 4 is 21.8 Å². The number of rotatable bonds is 5. The number of amides is 1. The molecule has 3 rings (SSSR count). The normalized spacial score (nSPS) is 16.9. The lowest BCUT2D eigenvalue weighted by atomic mass is 10.1. The van der Waals surface area contributed by atoms with Crippen molar-refractivity contribution in [3.05, 3.63) is 58.5 Å². The Morgan fingerprint density at radius 1 is 1.17 bits per heavy atom. The summed E-state index contributed by atoms with van der Waals surface area (Å²) in [7, 11) is 0. The zero-order valence-corrected chi connectivity index (χ0v) is 14.6. The van der Waals surface area contributed by atoms with Crippen LogP contribution in [0.25, 0.3) is 0 Å². The summed E-state index contributed by atoms with van der Waals surface area (Å²) < 4.78 is 6.42. The van der Waals surface area contributed by atoms with E-state index >= 15 is 0 Å². The number of nitrogens with zero attached hydrogens (tertiary/aromatic N) is 1. The van der Waals surface area contributed by atoms with Crippen molar-refractivity contribution in [3.63, 3.8) is 0 Å². The van der Waals surface area contributed by atoms with Crippen molar-refractivity contribution < 1.29 is 9.21 Å².